The highest BCUT2D eigenvalue weighted by atomic mass is 127. The second kappa shape index (κ2) is 16.0. The van der Waals surface area contributed by atoms with Crippen LogP contribution in [0, 0.1) is 5.82 Å². The molecule has 1 unspecified atom stereocenters. The Morgan fingerprint density at radius 3 is 2.67 bits per heavy atom. The molecule has 1 aromatic carbocycles. The molecule has 172 valence electrons. The van der Waals surface area contributed by atoms with Gasteiger partial charge in [-0.2, -0.15) is 0 Å². The number of hydrogen-bond donors (Lipinski definition) is 2. The second-order valence-corrected chi connectivity index (χ2v) is 7.41. The summed E-state index contributed by atoms with van der Waals surface area (Å²) in [5.41, 5.74) is 0.544. The van der Waals surface area contributed by atoms with Crippen molar-refractivity contribution in [2.24, 2.45) is 4.99 Å². The van der Waals surface area contributed by atoms with Gasteiger partial charge in [0, 0.05) is 37.4 Å². The van der Waals surface area contributed by atoms with Crippen molar-refractivity contribution in [3.63, 3.8) is 0 Å². The summed E-state index contributed by atoms with van der Waals surface area (Å²) in [7, 11) is 1.66. The SMILES string of the molecule is CCNC(=NCC(c1c(F)cccc1Cl)N1CCCC1)NCCCOCCOC.I. The number of methoxy groups -OCH3 is 1. The van der Waals surface area contributed by atoms with E-state index in [-0.39, 0.29) is 35.8 Å². The van der Waals surface area contributed by atoms with E-state index in [9.17, 15) is 4.39 Å². The number of guanidine groups is 1. The van der Waals surface area contributed by atoms with Crippen LogP contribution in [0.3, 0.4) is 0 Å². The fraction of sp³-hybridized carbons (Fsp3) is 0.667. The van der Waals surface area contributed by atoms with E-state index in [1.54, 1.807) is 19.2 Å². The third kappa shape index (κ3) is 9.21. The van der Waals surface area contributed by atoms with E-state index >= 15 is 0 Å². The monoisotopic (exact) mass is 556 g/mol. The lowest BCUT2D eigenvalue weighted by Crippen LogP contribution is -2.39. The molecule has 0 spiro atoms. The van der Waals surface area contributed by atoms with E-state index in [0.29, 0.717) is 37.0 Å². The minimum atomic E-state index is -0.268. The van der Waals surface area contributed by atoms with Gasteiger partial charge >= 0.3 is 0 Å². The highest BCUT2D eigenvalue weighted by Crippen LogP contribution is 2.32. The van der Waals surface area contributed by atoms with Gasteiger partial charge in [-0.3, -0.25) is 9.89 Å². The summed E-state index contributed by atoms with van der Waals surface area (Å²) in [6, 6.07) is 4.70. The van der Waals surface area contributed by atoms with Gasteiger partial charge in [-0.25, -0.2) is 4.39 Å². The first-order valence-corrected chi connectivity index (χ1v) is 10.8. The summed E-state index contributed by atoms with van der Waals surface area (Å²) in [4.78, 5) is 7.01. The summed E-state index contributed by atoms with van der Waals surface area (Å²) < 4.78 is 25.0. The van der Waals surface area contributed by atoms with Crippen molar-refractivity contribution in [1.29, 1.82) is 0 Å². The zero-order valence-electron chi connectivity index (χ0n) is 18.0. The minimum Gasteiger partial charge on any atom is -0.382 e. The number of nitrogens with one attached hydrogen (secondary N) is 2. The van der Waals surface area contributed by atoms with Gasteiger partial charge in [-0.05, 0) is 51.4 Å². The number of nitrogens with zero attached hydrogens (tertiary/aromatic N) is 2. The lowest BCUT2D eigenvalue weighted by atomic mass is 10.0. The molecular weight excluding hydrogens is 522 g/mol. The molecule has 6 nitrogen and oxygen atoms in total. The number of likely N-dealkylation sites (tertiary alicyclic amines) is 1. The molecule has 0 amide bonds. The zero-order valence-corrected chi connectivity index (χ0v) is 21.0. The van der Waals surface area contributed by atoms with Gasteiger partial charge in [0.2, 0.25) is 0 Å². The van der Waals surface area contributed by atoms with Crippen molar-refractivity contribution >= 4 is 41.5 Å². The summed E-state index contributed by atoms with van der Waals surface area (Å²) >= 11 is 6.36. The molecule has 1 aliphatic rings. The Kier molecular flexibility index (Phi) is 14.6. The van der Waals surface area contributed by atoms with Crippen LogP contribution in [0.4, 0.5) is 4.39 Å². The van der Waals surface area contributed by atoms with Gasteiger partial charge in [0.15, 0.2) is 5.96 Å². The van der Waals surface area contributed by atoms with E-state index in [2.05, 4.69) is 15.5 Å². The van der Waals surface area contributed by atoms with Crippen LogP contribution >= 0.6 is 35.6 Å². The van der Waals surface area contributed by atoms with E-state index in [4.69, 9.17) is 26.1 Å². The van der Waals surface area contributed by atoms with Crippen LogP contribution in [0.2, 0.25) is 5.02 Å². The predicted molar refractivity (Wildman–Crippen MR) is 132 cm³/mol. The lowest BCUT2D eigenvalue weighted by Gasteiger charge is -2.28. The molecule has 0 aromatic heterocycles. The Balaban J connectivity index is 0.00000450. The molecule has 1 heterocycles. The number of aliphatic imine (C=N–C) groups is 1. The van der Waals surface area contributed by atoms with Gasteiger partial charge in [-0.15, -0.1) is 24.0 Å². The number of hydrogen-bond acceptors (Lipinski definition) is 4. The van der Waals surface area contributed by atoms with Crippen LogP contribution in [0.15, 0.2) is 23.2 Å². The molecule has 2 N–H and O–H groups in total. The summed E-state index contributed by atoms with van der Waals surface area (Å²) in [5, 5.41) is 7.04. The fourth-order valence-corrected chi connectivity index (χ4v) is 3.71. The molecule has 30 heavy (non-hydrogen) atoms. The van der Waals surface area contributed by atoms with Gasteiger partial charge in [-0.1, -0.05) is 17.7 Å². The van der Waals surface area contributed by atoms with Crippen molar-refractivity contribution in [2.75, 3.05) is 59.7 Å². The molecule has 9 heteroatoms. The van der Waals surface area contributed by atoms with Crippen molar-refractivity contribution < 1.29 is 13.9 Å². The number of rotatable bonds is 12. The molecule has 2 rings (SSSR count). The van der Waals surface area contributed by atoms with Gasteiger partial charge in [0.05, 0.1) is 25.8 Å². The Morgan fingerprint density at radius 1 is 1.23 bits per heavy atom. The summed E-state index contributed by atoms with van der Waals surface area (Å²) in [5.74, 6) is 0.455. The Bertz CT molecular complexity index is 613. The van der Waals surface area contributed by atoms with E-state index in [1.165, 1.54) is 6.07 Å². The summed E-state index contributed by atoms with van der Waals surface area (Å²) in [6.07, 6.45) is 3.10. The average Bonchev–Trinajstić information content (AvgIpc) is 3.23. The number of benzene rings is 1. The molecule has 0 aliphatic carbocycles. The first-order chi connectivity index (χ1) is 14.2. The van der Waals surface area contributed by atoms with Crippen LogP contribution in [0.5, 0.6) is 0 Å². The van der Waals surface area contributed by atoms with Crippen LogP contribution in [-0.4, -0.2) is 70.5 Å². The Morgan fingerprint density at radius 2 is 2.00 bits per heavy atom. The molecule has 0 saturated carbocycles. The first kappa shape index (κ1) is 27.4. The van der Waals surface area contributed by atoms with Gasteiger partial charge < -0.3 is 20.1 Å². The molecule has 0 bridgehead atoms. The van der Waals surface area contributed by atoms with Crippen molar-refractivity contribution in [1.82, 2.24) is 15.5 Å². The van der Waals surface area contributed by atoms with Crippen LogP contribution < -0.4 is 10.6 Å². The smallest absolute Gasteiger partial charge is 0.191 e. The number of halogens is 3. The van der Waals surface area contributed by atoms with E-state index in [1.807, 2.05) is 6.92 Å². The van der Waals surface area contributed by atoms with Crippen LogP contribution in [0.1, 0.15) is 37.8 Å². The highest BCUT2D eigenvalue weighted by molar-refractivity contribution is 14.0. The van der Waals surface area contributed by atoms with Crippen LogP contribution in [-0.2, 0) is 9.47 Å². The molecule has 1 atom stereocenters. The van der Waals surface area contributed by atoms with Gasteiger partial charge in [0.25, 0.3) is 0 Å². The Labute approximate surface area is 201 Å². The summed E-state index contributed by atoms with van der Waals surface area (Å²) in [6.45, 7) is 7.72. The zero-order chi connectivity index (χ0) is 20.9. The Hall–Kier alpha value is -0.680. The van der Waals surface area contributed by atoms with Crippen LogP contribution in [0.25, 0.3) is 0 Å². The van der Waals surface area contributed by atoms with E-state index < -0.39 is 0 Å². The maximum Gasteiger partial charge on any atom is 0.191 e. The standard InChI is InChI=1S/C21H34ClFN4O2.HI/c1-3-24-21(25-10-7-13-29-15-14-28-2)26-16-19(27-11-4-5-12-27)20-17(22)8-6-9-18(20)23;/h6,8-9,19H,3-5,7,10-16H2,1-2H3,(H2,24,25,26);1H. The molecular formula is C21H35ClFIN4O2. The van der Waals surface area contributed by atoms with Gasteiger partial charge in [0.1, 0.15) is 5.82 Å². The lowest BCUT2D eigenvalue weighted by molar-refractivity contribution is 0.0698. The van der Waals surface area contributed by atoms with E-state index in [0.717, 1.165) is 51.4 Å². The fourth-order valence-electron chi connectivity index (χ4n) is 3.42. The maximum atomic E-state index is 14.6. The second-order valence-electron chi connectivity index (χ2n) is 7.00. The third-order valence-electron chi connectivity index (χ3n) is 4.87. The molecule has 1 saturated heterocycles. The van der Waals surface area contributed by atoms with Crippen molar-refractivity contribution in [3.05, 3.63) is 34.6 Å². The molecule has 1 aromatic rings. The highest BCUT2D eigenvalue weighted by Gasteiger charge is 2.27. The van der Waals surface area contributed by atoms with Crippen molar-refractivity contribution in [2.45, 2.75) is 32.2 Å². The molecule has 1 fully saturated rings. The molecule has 1 aliphatic heterocycles. The topological polar surface area (TPSA) is 58.1 Å². The minimum absolute atomic E-state index is 0. The number of ether oxygens (including phenoxy) is 2. The maximum absolute atomic E-state index is 14.6. The third-order valence-corrected chi connectivity index (χ3v) is 5.20. The quantitative estimate of drug-likeness (QED) is 0.177. The normalized spacial score (nSPS) is 15.7. The predicted octanol–water partition coefficient (Wildman–Crippen LogP) is 3.84. The molecule has 0 radical (unpaired) electrons. The largest absolute Gasteiger partial charge is 0.382 e. The first-order valence-electron chi connectivity index (χ1n) is 10.4. The average molecular weight is 557 g/mol. The van der Waals surface area contributed by atoms with Crippen molar-refractivity contribution in [3.8, 4) is 0 Å².